The Labute approximate surface area is 113 Å². The van der Waals surface area contributed by atoms with Gasteiger partial charge < -0.3 is 0 Å². The zero-order valence-corrected chi connectivity index (χ0v) is 12.1. The Morgan fingerprint density at radius 3 is 2.44 bits per heavy atom. The summed E-state index contributed by atoms with van der Waals surface area (Å²) in [7, 11) is 0. The van der Waals surface area contributed by atoms with Crippen molar-refractivity contribution in [2.24, 2.45) is 5.92 Å². The summed E-state index contributed by atoms with van der Waals surface area (Å²) in [5, 5.41) is 15.5. The summed E-state index contributed by atoms with van der Waals surface area (Å²) in [6, 6.07) is 0. The van der Waals surface area contributed by atoms with Crippen LogP contribution in [0.15, 0.2) is 0 Å². The minimum Gasteiger partial charge on any atom is -0.262 e. The van der Waals surface area contributed by atoms with Crippen LogP contribution in [0.5, 0.6) is 0 Å². The van der Waals surface area contributed by atoms with Crippen molar-refractivity contribution in [2.45, 2.75) is 46.6 Å². The van der Waals surface area contributed by atoms with Crippen LogP contribution in [-0.4, -0.2) is 20.5 Å². The molecular formula is C12H21N3O2S. The second kappa shape index (κ2) is 6.78. The molecule has 5 nitrogen and oxygen atoms in total. The van der Waals surface area contributed by atoms with Crippen molar-refractivity contribution in [3.8, 4) is 0 Å². The van der Waals surface area contributed by atoms with Gasteiger partial charge in [-0.2, -0.15) is 17.7 Å². The Morgan fingerprint density at radius 1 is 1.39 bits per heavy atom. The number of aryl methyl sites for hydroxylation is 1. The van der Waals surface area contributed by atoms with Crippen LogP contribution < -0.4 is 0 Å². The Balaban J connectivity index is 3.15. The van der Waals surface area contributed by atoms with E-state index in [4.69, 9.17) is 0 Å². The van der Waals surface area contributed by atoms with E-state index in [0.717, 1.165) is 17.9 Å². The van der Waals surface area contributed by atoms with E-state index in [1.165, 1.54) is 0 Å². The summed E-state index contributed by atoms with van der Waals surface area (Å²) in [6.07, 6.45) is 2.22. The Kier molecular flexibility index (Phi) is 5.65. The fourth-order valence-corrected chi connectivity index (χ4v) is 2.43. The molecule has 0 bridgehead atoms. The number of aromatic nitrogens is 2. The highest BCUT2D eigenvalue weighted by atomic mass is 32.1. The van der Waals surface area contributed by atoms with Crippen LogP contribution >= 0.6 is 12.6 Å². The summed E-state index contributed by atoms with van der Waals surface area (Å²) < 4.78 is 1.81. The maximum absolute atomic E-state index is 11.1. The van der Waals surface area contributed by atoms with Crippen LogP contribution in [0.2, 0.25) is 0 Å². The number of hydrogen-bond donors (Lipinski definition) is 1. The summed E-state index contributed by atoms with van der Waals surface area (Å²) in [5.41, 5.74) is 1.52. The Bertz CT molecular complexity index is 414. The van der Waals surface area contributed by atoms with Crippen molar-refractivity contribution in [3.63, 3.8) is 0 Å². The summed E-state index contributed by atoms with van der Waals surface area (Å²) >= 11 is 4.31. The van der Waals surface area contributed by atoms with Gasteiger partial charge in [0.25, 0.3) is 0 Å². The number of hydrogen-bond acceptors (Lipinski definition) is 4. The highest BCUT2D eigenvalue weighted by molar-refractivity contribution is 7.80. The van der Waals surface area contributed by atoms with Crippen LogP contribution in [0, 0.1) is 16.0 Å². The van der Waals surface area contributed by atoms with Gasteiger partial charge in [-0.25, -0.2) is 0 Å². The molecule has 0 spiro atoms. The van der Waals surface area contributed by atoms with Gasteiger partial charge in [0.05, 0.1) is 4.92 Å². The highest BCUT2D eigenvalue weighted by Gasteiger charge is 2.25. The molecule has 0 aliphatic carbocycles. The molecule has 0 radical (unpaired) electrons. The van der Waals surface area contributed by atoms with Gasteiger partial charge in [0.15, 0.2) is 0 Å². The van der Waals surface area contributed by atoms with Crippen molar-refractivity contribution in [1.82, 2.24) is 9.78 Å². The van der Waals surface area contributed by atoms with E-state index in [-0.39, 0.29) is 10.6 Å². The number of rotatable bonds is 7. The molecule has 1 unspecified atom stereocenters. The number of nitrogens with zero attached hydrogens (tertiary/aromatic N) is 3. The molecule has 0 aromatic carbocycles. The second-order valence-corrected chi connectivity index (χ2v) is 4.71. The minimum absolute atomic E-state index is 0.203. The van der Waals surface area contributed by atoms with Crippen molar-refractivity contribution in [2.75, 3.05) is 5.75 Å². The fraction of sp³-hybridized carbons (Fsp3) is 0.750. The smallest absolute Gasteiger partial charge is 0.262 e. The molecule has 0 fully saturated rings. The van der Waals surface area contributed by atoms with Crippen LogP contribution in [0.25, 0.3) is 0 Å². The molecule has 1 heterocycles. The SMILES string of the molecule is CCc1nn(CC(CC)CS)c(CC)c1[N+](=O)[O-]. The highest BCUT2D eigenvalue weighted by Crippen LogP contribution is 2.25. The standard InChI is InChI=1S/C12H21N3O2S/c1-4-9(8-18)7-14-11(6-3)12(15(16)17)10(5-2)13-14/h9,18H,4-8H2,1-3H3. The lowest BCUT2D eigenvalue weighted by atomic mass is 10.1. The lowest BCUT2D eigenvalue weighted by Gasteiger charge is -2.13. The molecule has 102 valence electrons. The van der Waals surface area contributed by atoms with E-state index in [0.29, 0.717) is 31.0 Å². The van der Waals surface area contributed by atoms with Gasteiger partial charge in [-0.1, -0.05) is 27.2 Å². The van der Waals surface area contributed by atoms with Gasteiger partial charge in [0.2, 0.25) is 0 Å². The van der Waals surface area contributed by atoms with Gasteiger partial charge in [-0.3, -0.25) is 14.8 Å². The average molecular weight is 271 g/mol. The number of thiol groups is 1. The molecule has 1 aromatic rings. The van der Waals surface area contributed by atoms with Crippen LogP contribution in [-0.2, 0) is 19.4 Å². The van der Waals surface area contributed by atoms with E-state index in [1.54, 1.807) is 4.68 Å². The van der Waals surface area contributed by atoms with E-state index < -0.39 is 0 Å². The third-order valence-corrected chi connectivity index (χ3v) is 3.74. The van der Waals surface area contributed by atoms with Crippen LogP contribution in [0.3, 0.4) is 0 Å². The molecule has 6 heteroatoms. The minimum atomic E-state index is -0.303. The van der Waals surface area contributed by atoms with Gasteiger partial charge in [-0.05, 0) is 24.5 Å². The van der Waals surface area contributed by atoms with E-state index in [2.05, 4.69) is 24.7 Å². The molecule has 0 aliphatic heterocycles. The van der Waals surface area contributed by atoms with Gasteiger partial charge in [0, 0.05) is 6.54 Å². The topological polar surface area (TPSA) is 61.0 Å². The zero-order valence-electron chi connectivity index (χ0n) is 11.2. The lowest BCUT2D eigenvalue weighted by Crippen LogP contribution is -2.15. The lowest BCUT2D eigenvalue weighted by molar-refractivity contribution is -0.386. The third kappa shape index (κ3) is 3.04. The molecule has 0 amide bonds. The largest absolute Gasteiger partial charge is 0.313 e. The van der Waals surface area contributed by atoms with Gasteiger partial charge in [0.1, 0.15) is 11.4 Å². The van der Waals surface area contributed by atoms with E-state index in [9.17, 15) is 10.1 Å². The molecular weight excluding hydrogens is 250 g/mol. The molecule has 18 heavy (non-hydrogen) atoms. The van der Waals surface area contributed by atoms with Crippen molar-refractivity contribution in [1.29, 1.82) is 0 Å². The maximum atomic E-state index is 11.1. The molecule has 1 rings (SSSR count). The van der Waals surface area contributed by atoms with Crippen molar-refractivity contribution in [3.05, 3.63) is 21.5 Å². The first-order valence-electron chi connectivity index (χ1n) is 6.42. The Hall–Kier alpha value is -1.04. The first kappa shape index (κ1) is 15.0. The van der Waals surface area contributed by atoms with Crippen molar-refractivity contribution < 1.29 is 4.92 Å². The quantitative estimate of drug-likeness (QED) is 0.471. The van der Waals surface area contributed by atoms with Gasteiger partial charge in [-0.15, -0.1) is 0 Å². The molecule has 0 N–H and O–H groups in total. The monoisotopic (exact) mass is 271 g/mol. The first-order valence-corrected chi connectivity index (χ1v) is 7.05. The number of nitro groups is 1. The second-order valence-electron chi connectivity index (χ2n) is 4.35. The summed E-state index contributed by atoms with van der Waals surface area (Å²) in [6.45, 7) is 6.64. The fourth-order valence-electron chi connectivity index (χ4n) is 2.05. The molecule has 0 saturated carbocycles. The molecule has 1 atom stereocenters. The zero-order chi connectivity index (χ0) is 13.7. The molecule has 0 saturated heterocycles. The van der Waals surface area contributed by atoms with Crippen LogP contribution in [0.4, 0.5) is 5.69 Å². The van der Waals surface area contributed by atoms with Crippen LogP contribution in [0.1, 0.15) is 38.6 Å². The maximum Gasteiger partial charge on any atom is 0.313 e. The van der Waals surface area contributed by atoms with E-state index >= 15 is 0 Å². The summed E-state index contributed by atoms with van der Waals surface area (Å²) in [4.78, 5) is 10.8. The summed E-state index contributed by atoms with van der Waals surface area (Å²) in [5.74, 6) is 1.18. The van der Waals surface area contributed by atoms with Crippen molar-refractivity contribution >= 4 is 18.3 Å². The van der Waals surface area contributed by atoms with E-state index in [1.807, 2.05) is 13.8 Å². The normalized spacial score (nSPS) is 12.7. The molecule has 1 aromatic heterocycles. The first-order chi connectivity index (χ1) is 8.58. The predicted octanol–water partition coefficient (Wildman–Crippen LogP) is 2.87. The third-order valence-electron chi connectivity index (χ3n) is 3.22. The average Bonchev–Trinajstić information content (AvgIpc) is 2.73. The Morgan fingerprint density at radius 2 is 2.06 bits per heavy atom. The van der Waals surface area contributed by atoms with Gasteiger partial charge >= 0.3 is 5.69 Å². The molecule has 0 aliphatic rings. The predicted molar refractivity (Wildman–Crippen MR) is 75.3 cm³/mol.